The van der Waals surface area contributed by atoms with Crippen molar-refractivity contribution in [3.63, 3.8) is 0 Å². The Kier molecular flexibility index (Phi) is 14.3. The molecule has 0 aliphatic heterocycles. The Hall–Kier alpha value is -1.22. The molecule has 1 rings (SSSR count). The number of guanidine groups is 1. The van der Waals surface area contributed by atoms with E-state index < -0.39 is 0 Å². The van der Waals surface area contributed by atoms with Crippen LogP contribution in [0.25, 0.3) is 0 Å². The summed E-state index contributed by atoms with van der Waals surface area (Å²) in [4.78, 5) is 4.60. The van der Waals surface area contributed by atoms with Crippen LogP contribution in [0, 0.1) is 0 Å². The SMILES string of the molecule is CCNC(=NCCCc1ccc(OC)c(OC)c1)NCCCOC.I. The van der Waals surface area contributed by atoms with Crippen molar-refractivity contribution in [2.75, 3.05) is 47.6 Å². The summed E-state index contributed by atoms with van der Waals surface area (Å²) < 4.78 is 15.6. The summed E-state index contributed by atoms with van der Waals surface area (Å²) in [6.45, 7) is 5.30. The van der Waals surface area contributed by atoms with E-state index in [1.807, 2.05) is 12.1 Å². The molecule has 2 N–H and O–H groups in total. The van der Waals surface area contributed by atoms with Crippen LogP contribution < -0.4 is 20.1 Å². The van der Waals surface area contributed by atoms with E-state index in [0.29, 0.717) is 0 Å². The van der Waals surface area contributed by atoms with Crippen LogP contribution in [-0.4, -0.2) is 53.5 Å². The molecule has 0 spiro atoms. The molecule has 144 valence electrons. The van der Waals surface area contributed by atoms with Crippen molar-refractivity contribution >= 4 is 29.9 Å². The van der Waals surface area contributed by atoms with Gasteiger partial charge in [0.25, 0.3) is 0 Å². The lowest BCUT2D eigenvalue weighted by molar-refractivity contribution is 0.195. The molecule has 7 heteroatoms. The largest absolute Gasteiger partial charge is 0.493 e. The third-order valence-electron chi connectivity index (χ3n) is 3.50. The Morgan fingerprint density at radius 3 is 2.44 bits per heavy atom. The van der Waals surface area contributed by atoms with Gasteiger partial charge in [-0.25, -0.2) is 0 Å². The van der Waals surface area contributed by atoms with Gasteiger partial charge in [-0.3, -0.25) is 4.99 Å². The van der Waals surface area contributed by atoms with E-state index in [1.165, 1.54) is 5.56 Å². The minimum absolute atomic E-state index is 0. The van der Waals surface area contributed by atoms with E-state index in [0.717, 1.165) is 63.0 Å². The van der Waals surface area contributed by atoms with E-state index >= 15 is 0 Å². The number of methoxy groups -OCH3 is 3. The van der Waals surface area contributed by atoms with Crippen LogP contribution in [0.15, 0.2) is 23.2 Å². The summed E-state index contributed by atoms with van der Waals surface area (Å²) in [6.07, 6.45) is 2.89. The fraction of sp³-hybridized carbons (Fsp3) is 0.611. The van der Waals surface area contributed by atoms with Crippen molar-refractivity contribution in [3.8, 4) is 11.5 Å². The molecule has 1 aromatic carbocycles. The smallest absolute Gasteiger partial charge is 0.191 e. The van der Waals surface area contributed by atoms with E-state index in [-0.39, 0.29) is 24.0 Å². The summed E-state index contributed by atoms with van der Waals surface area (Å²) in [5, 5.41) is 6.56. The number of nitrogens with zero attached hydrogens (tertiary/aromatic N) is 1. The van der Waals surface area contributed by atoms with Crippen molar-refractivity contribution in [1.82, 2.24) is 10.6 Å². The van der Waals surface area contributed by atoms with Gasteiger partial charge in [0.2, 0.25) is 0 Å². The molecule has 6 nitrogen and oxygen atoms in total. The van der Waals surface area contributed by atoms with Crippen molar-refractivity contribution in [1.29, 1.82) is 0 Å². The summed E-state index contributed by atoms with van der Waals surface area (Å²) in [5.74, 6) is 2.39. The molecule has 0 unspecified atom stereocenters. The first-order valence-corrected chi connectivity index (χ1v) is 8.47. The lowest BCUT2D eigenvalue weighted by atomic mass is 10.1. The van der Waals surface area contributed by atoms with Gasteiger partial charge in [0, 0.05) is 33.4 Å². The Morgan fingerprint density at radius 2 is 1.80 bits per heavy atom. The highest BCUT2D eigenvalue weighted by Crippen LogP contribution is 2.27. The van der Waals surface area contributed by atoms with Gasteiger partial charge in [0.15, 0.2) is 17.5 Å². The predicted molar refractivity (Wildman–Crippen MR) is 114 cm³/mol. The lowest BCUT2D eigenvalue weighted by Crippen LogP contribution is -2.38. The minimum atomic E-state index is 0. The van der Waals surface area contributed by atoms with Gasteiger partial charge in [-0.15, -0.1) is 24.0 Å². The van der Waals surface area contributed by atoms with Gasteiger partial charge in [-0.2, -0.15) is 0 Å². The summed E-state index contributed by atoms with van der Waals surface area (Å²) in [5.41, 5.74) is 1.22. The van der Waals surface area contributed by atoms with Crippen molar-refractivity contribution in [2.45, 2.75) is 26.2 Å². The summed E-state index contributed by atoms with van der Waals surface area (Å²) >= 11 is 0. The zero-order valence-electron chi connectivity index (χ0n) is 15.8. The van der Waals surface area contributed by atoms with E-state index in [1.54, 1.807) is 21.3 Å². The molecule has 0 bridgehead atoms. The molecule has 0 atom stereocenters. The van der Waals surface area contributed by atoms with E-state index in [2.05, 4.69) is 28.6 Å². The number of aryl methyl sites for hydroxylation is 1. The number of hydrogen-bond acceptors (Lipinski definition) is 4. The number of benzene rings is 1. The first-order chi connectivity index (χ1) is 11.7. The Morgan fingerprint density at radius 1 is 1.04 bits per heavy atom. The number of rotatable bonds is 11. The summed E-state index contributed by atoms with van der Waals surface area (Å²) in [6, 6.07) is 6.04. The fourth-order valence-corrected chi connectivity index (χ4v) is 2.28. The standard InChI is InChI=1S/C18H31N3O3.HI/c1-5-19-18(21-12-7-13-22-2)20-11-6-8-15-9-10-16(23-3)17(14-15)24-4;/h9-10,14H,5-8,11-13H2,1-4H3,(H2,19,20,21);1H. The predicted octanol–water partition coefficient (Wildman–Crippen LogP) is 2.85. The van der Waals surface area contributed by atoms with Gasteiger partial charge in [0.05, 0.1) is 14.2 Å². The average molecular weight is 465 g/mol. The van der Waals surface area contributed by atoms with E-state index in [9.17, 15) is 0 Å². The molecule has 25 heavy (non-hydrogen) atoms. The average Bonchev–Trinajstić information content (AvgIpc) is 2.61. The molecular weight excluding hydrogens is 433 g/mol. The van der Waals surface area contributed by atoms with Crippen LogP contribution in [-0.2, 0) is 11.2 Å². The van der Waals surface area contributed by atoms with Crippen LogP contribution >= 0.6 is 24.0 Å². The Bertz CT molecular complexity index is 498. The molecule has 0 aliphatic rings. The lowest BCUT2D eigenvalue weighted by Gasteiger charge is -2.11. The van der Waals surface area contributed by atoms with Crippen LogP contribution in [0.3, 0.4) is 0 Å². The molecule has 0 fully saturated rings. The molecule has 0 aliphatic carbocycles. The highest BCUT2D eigenvalue weighted by molar-refractivity contribution is 14.0. The van der Waals surface area contributed by atoms with Crippen LogP contribution in [0.4, 0.5) is 0 Å². The number of hydrogen-bond donors (Lipinski definition) is 2. The number of halogens is 1. The van der Waals surface area contributed by atoms with E-state index in [4.69, 9.17) is 14.2 Å². The first-order valence-electron chi connectivity index (χ1n) is 8.47. The van der Waals surface area contributed by atoms with Crippen molar-refractivity contribution in [3.05, 3.63) is 23.8 Å². The zero-order chi connectivity index (χ0) is 17.6. The second-order valence-electron chi connectivity index (χ2n) is 5.33. The second kappa shape index (κ2) is 15.1. The third-order valence-corrected chi connectivity index (χ3v) is 3.50. The molecule has 0 saturated carbocycles. The van der Waals surface area contributed by atoms with Gasteiger partial charge in [-0.05, 0) is 43.9 Å². The highest BCUT2D eigenvalue weighted by Gasteiger charge is 2.04. The van der Waals surface area contributed by atoms with Gasteiger partial charge >= 0.3 is 0 Å². The molecule has 0 saturated heterocycles. The normalized spacial score (nSPS) is 10.8. The maximum atomic E-state index is 5.33. The third kappa shape index (κ3) is 9.74. The molecular formula is C18H32IN3O3. The molecule has 1 aromatic rings. The maximum Gasteiger partial charge on any atom is 0.191 e. The van der Waals surface area contributed by atoms with Crippen molar-refractivity contribution in [2.24, 2.45) is 4.99 Å². The van der Waals surface area contributed by atoms with Crippen LogP contribution in [0.1, 0.15) is 25.3 Å². The Labute approximate surface area is 168 Å². The second-order valence-corrected chi connectivity index (χ2v) is 5.33. The maximum absolute atomic E-state index is 5.33. The van der Waals surface area contributed by atoms with Gasteiger partial charge in [-0.1, -0.05) is 6.07 Å². The number of aliphatic imine (C=N–C) groups is 1. The number of ether oxygens (including phenoxy) is 3. The van der Waals surface area contributed by atoms with Gasteiger partial charge < -0.3 is 24.8 Å². The van der Waals surface area contributed by atoms with Crippen molar-refractivity contribution < 1.29 is 14.2 Å². The van der Waals surface area contributed by atoms with Crippen LogP contribution in [0.5, 0.6) is 11.5 Å². The Balaban J connectivity index is 0.00000576. The topological polar surface area (TPSA) is 64.1 Å². The van der Waals surface area contributed by atoms with Gasteiger partial charge in [0.1, 0.15) is 0 Å². The zero-order valence-corrected chi connectivity index (χ0v) is 18.1. The monoisotopic (exact) mass is 465 g/mol. The molecule has 0 amide bonds. The highest BCUT2D eigenvalue weighted by atomic mass is 127. The quantitative estimate of drug-likeness (QED) is 0.228. The first kappa shape index (κ1) is 23.8. The molecule has 0 radical (unpaired) electrons. The van der Waals surface area contributed by atoms with Crippen LogP contribution in [0.2, 0.25) is 0 Å². The molecule has 0 aromatic heterocycles. The summed E-state index contributed by atoms with van der Waals surface area (Å²) in [7, 11) is 5.02. The minimum Gasteiger partial charge on any atom is -0.493 e. The fourth-order valence-electron chi connectivity index (χ4n) is 2.28. The number of nitrogens with one attached hydrogen (secondary N) is 2. The molecule has 0 heterocycles.